The monoisotopic (exact) mass is 454 g/mol. The smallest absolute Gasteiger partial charge is 0.339 e. The molecule has 0 radical (unpaired) electrons. The van der Waals surface area contributed by atoms with Gasteiger partial charge in [0.2, 0.25) is 0 Å². The van der Waals surface area contributed by atoms with E-state index in [-0.39, 0.29) is 37.2 Å². The molecule has 5 rings (SSSR count). The number of benzene rings is 1. The fourth-order valence-corrected chi connectivity index (χ4v) is 6.98. The first-order valence-electron chi connectivity index (χ1n) is 10.7. The molecule has 0 aromatic heterocycles. The van der Waals surface area contributed by atoms with E-state index in [1.54, 1.807) is 19.2 Å². The zero-order valence-electron chi connectivity index (χ0n) is 17.3. The summed E-state index contributed by atoms with van der Waals surface area (Å²) in [5, 5.41) is 0. The molecule has 4 aliphatic carbocycles. The number of hydrogen-bond acceptors (Lipinski definition) is 7. The lowest BCUT2D eigenvalue weighted by atomic mass is 9.55. The van der Waals surface area contributed by atoms with E-state index in [0.717, 1.165) is 37.5 Å². The van der Waals surface area contributed by atoms with E-state index < -0.39 is 16.1 Å². The highest BCUT2D eigenvalue weighted by atomic mass is 32.2. The molecule has 4 saturated carbocycles. The van der Waals surface area contributed by atoms with Gasteiger partial charge >= 0.3 is 5.97 Å². The molecule has 1 aromatic rings. The Morgan fingerprint density at radius 1 is 0.935 bits per heavy atom. The summed E-state index contributed by atoms with van der Waals surface area (Å²) in [5.74, 6) is 1.36. The molecular weight excluding hydrogens is 420 g/mol. The average Bonchev–Trinajstić information content (AvgIpc) is 2.72. The van der Waals surface area contributed by atoms with Crippen molar-refractivity contribution in [1.82, 2.24) is 0 Å². The van der Waals surface area contributed by atoms with Crippen molar-refractivity contribution in [2.24, 2.45) is 23.7 Å². The van der Waals surface area contributed by atoms with Crippen molar-refractivity contribution in [3.63, 3.8) is 0 Å². The first-order chi connectivity index (χ1) is 14.5. The van der Waals surface area contributed by atoms with E-state index in [2.05, 4.69) is 0 Å². The zero-order valence-corrected chi connectivity index (χ0v) is 18.1. The number of ether oxygens (including phenoxy) is 3. The first-order valence-corrected chi connectivity index (χ1v) is 12.1. The molecule has 4 aliphatic rings. The minimum Gasteiger partial charge on any atom is -0.460 e. The van der Waals surface area contributed by atoms with Crippen LogP contribution in [0.2, 0.25) is 0 Å². The molecule has 7 nitrogen and oxygen atoms in total. The van der Waals surface area contributed by atoms with Crippen molar-refractivity contribution in [3.8, 4) is 0 Å². The Labute approximate surface area is 185 Å². The number of hydrogen-bond donors (Lipinski definition) is 0. The molecule has 31 heavy (non-hydrogen) atoms. The van der Waals surface area contributed by atoms with Crippen molar-refractivity contribution >= 4 is 16.1 Å². The Morgan fingerprint density at radius 3 is 2.19 bits per heavy atom. The first kappa shape index (κ1) is 24.2. The zero-order chi connectivity index (χ0) is 21.1. The molecule has 0 N–H and O–H groups in total. The Balaban J connectivity index is 0.00000272. The van der Waals surface area contributed by atoms with Gasteiger partial charge in [0.1, 0.15) is 11.5 Å². The number of carbonyl (C=O) groups is 1. The van der Waals surface area contributed by atoms with Crippen LogP contribution in [0.4, 0.5) is 0 Å². The van der Waals surface area contributed by atoms with E-state index in [9.17, 15) is 13.2 Å². The van der Waals surface area contributed by atoms with Crippen LogP contribution in [0.5, 0.6) is 0 Å². The highest BCUT2D eigenvalue weighted by molar-refractivity contribution is 7.86. The van der Waals surface area contributed by atoms with Crippen molar-refractivity contribution in [2.45, 2.75) is 50.5 Å². The van der Waals surface area contributed by atoms with Gasteiger partial charge in [0.25, 0.3) is 10.1 Å². The summed E-state index contributed by atoms with van der Waals surface area (Å²) in [6.07, 6.45) is 5.23. The summed E-state index contributed by atoms with van der Waals surface area (Å²) in [5.41, 5.74) is -0.00166. The normalized spacial score (nSPS) is 28.9. The second-order valence-corrected chi connectivity index (χ2v) is 10.2. The maximum absolute atomic E-state index is 13.1. The molecule has 0 atom stereocenters. The second-order valence-electron chi connectivity index (χ2n) is 8.68. The van der Waals surface area contributed by atoms with Crippen LogP contribution in [0.1, 0.15) is 49.9 Å². The fourth-order valence-electron chi connectivity index (χ4n) is 5.60. The molecule has 8 heteroatoms. The van der Waals surface area contributed by atoms with Crippen LogP contribution in [-0.4, -0.2) is 54.0 Å². The molecular formula is C23H34O7S. The van der Waals surface area contributed by atoms with Crippen LogP contribution in [0, 0.1) is 23.7 Å². The SMILES string of the molecule is C.COCCOCCOC(=O)c1ccccc1S(=O)(=O)OC1C2CC3CC(C2)CC1C3. The van der Waals surface area contributed by atoms with Gasteiger partial charge in [0.05, 0.1) is 31.5 Å². The Kier molecular flexibility index (Phi) is 8.13. The second kappa shape index (κ2) is 10.4. The Bertz CT molecular complexity index is 823. The van der Waals surface area contributed by atoms with Gasteiger partial charge in [0, 0.05) is 7.11 Å². The maximum Gasteiger partial charge on any atom is 0.339 e. The summed E-state index contributed by atoms with van der Waals surface area (Å²) >= 11 is 0. The average molecular weight is 455 g/mol. The molecule has 0 saturated heterocycles. The van der Waals surface area contributed by atoms with Crippen LogP contribution < -0.4 is 0 Å². The summed E-state index contributed by atoms with van der Waals surface area (Å²) in [6, 6.07) is 6.09. The van der Waals surface area contributed by atoms with Gasteiger partial charge in [-0.2, -0.15) is 8.42 Å². The van der Waals surface area contributed by atoms with Crippen LogP contribution in [0.15, 0.2) is 29.2 Å². The summed E-state index contributed by atoms with van der Waals surface area (Å²) in [7, 11) is -2.50. The third kappa shape index (κ3) is 5.48. The predicted octanol–water partition coefficient (Wildman–Crippen LogP) is 3.67. The van der Waals surface area contributed by atoms with E-state index in [1.165, 1.54) is 18.6 Å². The molecule has 0 heterocycles. The van der Waals surface area contributed by atoms with Gasteiger partial charge in [-0.05, 0) is 67.9 Å². The molecule has 0 aliphatic heterocycles. The number of esters is 1. The van der Waals surface area contributed by atoms with Gasteiger partial charge in [-0.1, -0.05) is 19.6 Å². The van der Waals surface area contributed by atoms with E-state index >= 15 is 0 Å². The lowest BCUT2D eigenvalue weighted by Gasteiger charge is -2.53. The predicted molar refractivity (Wildman–Crippen MR) is 115 cm³/mol. The van der Waals surface area contributed by atoms with E-state index in [0.29, 0.717) is 25.0 Å². The van der Waals surface area contributed by atoms with Crippen LogP contribution >= 0.6 is 0 Å². The topological polar surface area (TPSA) is 88.1 Å². The van der Waals surface area contributed by atoms with Crippen molar-refractivity contribution < 1.29 is 31.6 Å². The van der Waals surface area contributed by atoms with Gasteiger partial charge < -0.3 is 14.2 Å². The van der Waals surface area contributed by atoms with Crippen LogP contribution in [0.25, 0.3) is 0 Å². The lowest BCUT2D eigenvalue weighted by Crippen LogP contribution is -2.50. The minimum atomic E-state index is -4.07. The Morgan fingerprint density at radius 2 is 1.55 bits per heavy atom. The molecule has 1 aromatic carbocycles. The molecule has 174 valence electrons. The van der Waals surface area contributed by atoms with Gasteiger partial charge in [-0.3, -0.25) is 4.18 Å². The summed E-state index contributed by atoms with van der Waals surface area (Å²) in [6.45, 7) is 1.11. The van der Waals surface area contributed by atoms with Gasteiger partial charge in [0.15, 0.2) is 0 Å². The largest absolute Gasteiger partial charge is 0.460 e. The third-order valence-electron chi connectivity index (χ3n) is 6.65. The van der Waals surface area contributed by atoms with Crippen molar-refractivity contribution in [3.05, 3.63) is 29.8 Å². The quantitative estimate of drug-likeness (QED) is 0.303. The highest BCUT2D eigenvalue weighted by Crippen LogP contribution is 2.55. The molecule has 0 unspecified atom stereocenters. The molecule has 0 amide bonds. The van der Waals surface area contributed by atoms with Crippen LogP contribution in [0.3, 0.4) is 0 Å². The fraction of sp³-hybridized carbons (Fsp3) is 0.696. The molecule has 4 bridgehead atoms. The van der Waals surface area contributed by atoms with Crippen molar-refractivity contribution in [2.75, 3.05) is 33.5 Å². The Hall–Kier alpha value is -1.48. The third-order valence-corrected chi connectivity index (χ3v) is 8.02. The van der Waals surface area contributed by atoms with Crippen LogP contribution in [-0.2, 0) is 28.5 Å². The number of methoxy groups -OCH3 is 1. The lowest BCUT2D eigenvalue weighted by molar-refractivity contribution is -0.0764. The number of carbonyl (C=O) groups excluding carboxylic acids is 1. The van der Waals surface area contributed by atoms with E-state index in [4.69, 9.17) is 18.4 Å². The number of rotatable bonds is 10. The van der Waals surface area contributed by atoms with Crippen molar-refractivity contribution in [1.29, 1.82) is 0 Å². The molecule has 4 fully saturated rings. The summed E-state index contributed by atoms with van der Waals surface area (Å²) in [4.78, 5) is 12.4. The van der Waals surface area contributed by atoms with Gasteiger partial charge in [-0.25, -0.2) is 4.79 Å². The summed E-state index contributed by atoms with van der Waals surface area (Å²) < 4.78 is 47.4. The molecule has 0 spiro atoms. The highest BCUT2D eigenvalue weighted by Gasteiger charge is 2.50. The van der Waals surface area contributed by atoms with E-state index in [1.807, 2.05) is 0 Å². The maximum atomic E-state index is 13.1. The standard InChI is InChI=1S/C22H30O7S.CH4/c1-26-6-7-27-8-9-28-22(23)19-4-2-3-5-20(19)30(24,25)29-21-17-11-15-10-16(13-17)14-18(21)12-15;/h2-5,15-18,21H,6-14H2,1H3;1H4. The minimum absolute atomic E-state index is 0. The van der Waals surface area contributed by atoms with Gasteiger partial charge in [-0.15, -0.1) is 0 Å².